The number of nitrogens with one attached hydrogen (secondary N) is 3. The van der Waals surface area contributed by atoms with Crippen LogP contribution < -0.4 is 20.7 Å². The topological polar surface area (TPSA) is 92.3 Å². The second-order valence-electron chi connectivity index (χ2n) is 4.97. The van der Waals surface area contributed by atoms with Crippen molar-refractivity contribution in [2.75, 3.05) is 24.3 Å². The van der Waals surface area contributed by atoms with Crippen LogP contribution in [0.25, 0.3) is 0 Å². The smallest absolute Gasteiger partial charge is 0.325 e. The van der Waals surface area contributed by atoms with Crippen LogP contribution in [0, 0.1) is 0 Å². The molecule has 3 rings (SSSR count). The van der Waals surface area contributed by atoms with Crippen molar-refractivity contribution < 1.29 is 14.3 Å². The summed E-state index contributed by atoms with van der Waals surface area (Å²) in [5.74, 6) is 0.525. The summed E-state index contributed by atoms with van der Waals surface area (Å²) >= 11 is 1.18. The van der Waals surface area contributed by atoms with Crippen molar-refractivity contribution in [1.29, 1.82) is 0 Å². The maximum atomic E-state index is 12.0. The first-order valence-corrected chi connectivity index (χ1v) is 7.97. The third kappa shape index (κ3) is 3.59. The summed E-state index contributed by atoms with van der Waals surface area (Å²) < 4.78 is 5.11. The summed E-state index contributed by atoms with van der Waals surface area (Å²) in [7, 11) is 1.56. The maximum Gasteiger partial charge on any atom is 0.325 e. The van der Waals surface area contributed by atoms with Gasteiger partial charge in [0, 0.05) is 18.3 Å². The lowest BCUT2D eigenvalue weighted by molar-refractivity contribution is 0.0960. The zero-order valence-corrected chi connectivity index (χ0v) is 13.3. The summed E-state index contributed by atoms with van der Waals surface area (Å²) in [6, 6.07) is 6.63. The molecule has 1 aliphatic rings. The van der Waals surface area contributed by atoms with Crippen molar-refractivity contribution in [3.05, 3.63) is 34.8 Å². The van der Waals surface area contributed by atoms with Crippen molar-refractivity contribution in [3.63, 3.8) is 0 Å². The minimum atomic E-state index is -0.414. The molecule has 2 heterocycles. The molecule has 2 aromatic rings. The number of aromatic nitrogens is 1. The zero-order chi connectivity index (χ0) is 16.2. The average molecular weight is 332 g/mol. The molecule has 1 aliphatic heterocycles. The van der Waals surface area contributed by atoms with E-state index in [1.54, 1.807) is 31.4 Å². The van der Waals surface area contributed by atoms with Crippen LogP contribution in [0.5, 0.6) is 5.75 Å². The summed E-state index contributed by atoms with van der Waals surface area (Å²) in [5, 5.41) is 8.59. The van der Waals surface area contributed by atoms with Crippen molar-refractivity contribution in [1.82, 2.24) is 10.3 Å². The fourth-order valence-corrected chi connectivity index (χ4v) is 3.17. The van der Waals surface area contributed by atoms with Crippen LogP contribution in [0.4, 0.5) is 15.6 Å². The van der Waals surface area contributed by atoms with Crippen molar-refractivity contribution >= 4 is 34.1 Å². The highest BCUT2D eigenvalue weighted by atomic mass is 32.1. The predicted molar refractivity (Wildman–Crippen MR) is 88.4 cm³/mol. The number of rotatable bonds is 3. The third-order valence-electron chi connectivity index (χ3n) is 3.33. The van der Waals surface area contributed by atoms with E-state index in [0.717, 1.165) is 18.5 Å². The van der Waals surface area contributed by atoms with Gasteiger partial charge in [0.15, 0.2) is 5.13 Å². The number of carbonyl (C=O) groups is 2. The largest absolute Gasteiger partial charge is 0.497 e. The van der Waals surface area contributed by atoms with Crippen LogP contribution in [0.3, 0.4) is 0 Å². The number of anilines is 2. The molecule has 7 nitrogen and oxygen atoms in total. The number of thiazole rings is 1. The summed E-state index contributed by atoms with van der Waals surface area (Å²) in [4.78, 5) is 28.8. The molecule has 0 unspecified atom stereocenters. The molecular weight excluding hydrogens is 316 g/mol. The Labute approximate surface area is 137 Å². The lowest BCUT2D eigenvalue weighted by atomic mass is 10.2. The monoisotopic (exact) mass is 332 g/mol. The van der Waals surface area contributed by atoms with E-state index in [4.69, 9.17) is 4.74 Å². The van der Waals surface area contributed by atoms with Crippen molar-refractivity contribution in [2.24, 2.45) is 0 Å². The second-order valence-corrected chi connectivity index (χ2v) is 5.96. The Morgan fingerprint density at radius 3 is 3.09 bits per heavy atom. The Balaban J connectivity index is 1.68. The molecule has 0 bridgehead atoms. The molecule has 0 aliphatic carbocycles. The van der Waals surface area contributed by atoms with Crippen molar-refractivity contribution in [2.45, 2.75) is 12.8 Å². The van der Waals surface area contributed by atoms with E-state index >= 15 is 0 Å². The fraction of sp³-hybridized carbons (Fsp3) is 0.267. The van der Waals surface area contributed by atoms with Crippen LogP contribution in [-0.4, -0.2) is 30.6 Å². The average Bonchev–Trinajstić information content (AvgIpc) is 2.86. The van der Waals surface area contributed by atoms with Gasteiger partial charge < -0.3 is 15.4 Å². The van der Waals surface area contributed by atoms with Gasteiger partial charge in [0.2, 0.25) is 0 Å². The van der Waals surface area contributed by atoms with Gasteiger partial charge in [-0.15, -0.1) is 0 Å². The molecule has 3 amide bonds. The van der Waals surface area contributed by atoms with Gasteiger partial charge >= 0.3 is 6.03 Å². The Bertz CT molecular complexity index is 744. The number of aryl methyl sites for hydroxylation is 1. The van der Waals surface area contributed by atoms with E-state index in [9.17, 15) is 9.59 Å². The Morgan fingerprint density at radius 2 is 2.26 bits per heavy atom. The van der Waals surface area contributed by atoms with E-state index in [1.807, 2.05) is 0 Å². The van der Waals surface area contributed by atoms with E-state index in [2.05, 4.69) is 20.9 Å². The molecular formula is C15H16N4O3S. The van der Waals surface area contributed by atoms with Crippen LogP contribution >= 0.6 is 11.3 Å². The molecule has 0 atom stereocenters. The van der Waals surface area contributed by atoms with Gasteiger partial charge in [-0.3, -0.25) is 10.1 Å². The highest BCUT2D eigenvalue weighted by Gasteiger charge is 2.21. The number of benzene rings is 1. The van der Waals surface area contributed by atoms with E-state index in [-0.39, 0.29) is 5.91 Å². The third-order valence-corrected chi connectivity index (χ3v) is 4.34. The van der Waals surface area contributed by atoms with Crippen LogP contribution in [0.15, 0.2) is 24.3 Å². The number of methoxy groups -OCH3 is 1. The number of ether oxygens (including phenoxy) is 1. The first kappa shape index (κ1) is 15.3. The van der Waals surface area contributed by atoms with Gasteiger partial charge in [0.25, 0.3) is 5.91 Å². The molecule has 8 heteroatoms. The second kappa shape index (κ2) is 6.66. The summed E-state index contributed by atoms with van der Waals surface area (Å²) in [6.07, 6.45) is 1.57. The molecule has 0 spiro atoms. The summed E-state index contributed by atoms with van der Waals surface area (Å²) in [6.45, 7) is 0.654. The quantitative estimate of drug-likeness (QED) is 0.805. The zero-order valence-electron chi connectivity index (χ0n) is 12.5. The van der Waals surface area contributed by atoms with Crippen molar-refractivity contribution in [3.8, 4) is 5.75 Å². The number of hydrogen-bond donors (Lipinski definition) is 3. The molecule has 3 N–H and O–H groups in total. The lowest BCUT2D eigenvalue weighted by Crippen LogP contribution is -2.21. The Kier molecular flexibility index (Phi) is 4.42. The molecule has 120 valence electrons. The Hall–Kier alpha value is -2.61. The standard InChI is InChI=1S/C15H16N4O3S/c1-22-10-5-2-4-9(8-10)17-14(21)19-15-18-11-6-3-7-16-13(20)12(11)23-15/h2,4-5,8H,3,6-7H2,1H3,(H,16,20)(H2,17,18,19,21). The number of nitrogens with zero attached hydrogens (tertiary/aromatic N) is 1. The molecule has 0 fully saturated rings. The number of hydrogen-bond acceptors (Lipinski definition) is 5. The molecule has 1 aromatic carbocycles. The molecule has 0 saturated heterocycles. The molecule has 23 heavy (non-hydrogen) atoms. The number of fused-ring (bicyclic) bond motifs is 1. The SMILES string of the molecule is COc1cccc(NC(=O)Nc2nc3c(s2)C(=O)NCCC3)c1. The van der Waals surface area contributed by atoms with E-state index in [1.165, 1.54) is 11.3 Å². The molecule has 0 saturated carbocycles. The van der Waals surface area contributed by atoms with Gasteiger partial charge in [-0.05, 0) is 25.0 Å². The minimum Gasteiger partial charge on any atom is -0.497 e. The maximum absolute atomic E-state index is 12.0. The predicted octanol–water partition coefficient (Wildman–Crippen LogP) is 2.47. The number of carbonyl (C=O) groups excluding carboxylic acids is 2. The summed E-state index contributed by atoms with van der Waals surface area (Å²) in [5.41, 5.74) is 1.35. The highest BCUT2D eigenvalue weighted by Crippen LogP contribution is 2.26. The molecule has 0 radical (unpaired) electrons. The fourth-order valence-electron chi connectivity index (χ4n) is 2.25. The normalized spacial score (nSPS) is 13.5. The van der Waals surface area contributed by atoms with Gasteiger partial charge in [0.05, 0.1) is 12.8 Å². The van der Waals surface area contributed by atoms with Gasteiger partial charge in [-0.25, -0.2) is 9.78 Å². The van der Waals surface area contributed by atoms with E-state index in [0.29, 0.717) is 28.0 Å². The number of urea groups is 1. The first-order chi connectivity index (χ1) is 11.2. The number of amides is 3. The van der Waals surface area contributed by atoms with Crippen LogP contribution in [-0.2, 0) is 6.42 Å². The highest BCUT2D eigenvalue weighted by molar-refractivity contribution is 7.17. The van der Waals surface area contributed by atoms with Gasteiger partial charge in [-0.2, -0.15) is 0 Å². The molecule has 1 aromatic heterocycles. The van der Waals surface area contributed by atoms with Crippen LogP contribution in [0.2, 0.25) is 0 Å². The van der Waals surface area contributed by atoms with Gasteiger partial charge in [0.1, 0.15) is 10.6 Å². The minimum absolute atomic E-state index is 0.128. The first-order valence-electron chi connectivity index (χ1n) is 7.15. The van der Waals surface area contributed by atoms with Gasteiger partial charge in [-0.1, -0.05) is 17.4 Å². The van der Waals surface area contributed by atoms with E-state index < -0.39 is 6.03 Å². The van der Waals surface area contributed by atoms with Crippen LogP contribution in [0.1, 0.15) is 21.8 Å². The lowest BCUT2D eigenvalue weighted by Gasteiger charge is -2.07. The Morgan fingerprint density at radius 1 is 1.39 bits per heavy atom.